The van der Waals surface area contributed by atoms with Crippen molar-refractivity contribution in [2.24, 2.45) is 0 Å². The average molecular weight is 517 g/mol. The summed E-state index contributed by atoms with van der Waals surface area (Å²) in [6, 6.07) is 10.6. The van der Waals surface area contributed by atoms with Crippen LogP contribution >= 0.6 is 11.8 Å². The zero-order chi connectivity index (χ0) is 25.0. The second-order valence-corrected chi connectivity index (χ2v) is 11.0. The van der Waals surface area contributed by atoms with Gasteiger partial charge in [-0.1, -0.05) is 29.5 Å². The predicted molar refractivity (Wildman–Crippen MR) is 135 cm³/mol. The number of hydrogen-bond acceptors (Lipinski definition) is 7. The molecule has 1 saturated heterocycles. The Labute approximate surface area is 209 Å². The Morgan fingerprint density at radius 2 is 1.94 bits per heavy atom. The first kappa shape index (κ1) is 25.2. The number of hydrogen-bond donors (Lipinski definition) is 1. The number of anilines is 1. The van der Waals surface area contributed by atoms with Gasteiger partial charge in [0.05, 0.1) is 42.3 Å². The number of rotatable bonds is 8. The van der Waals surface area contributed by atoms with Crippen LogP contribution in [0, 0.1) is 13.8 Å². The van der Waals surface area contributed by atoms with E-state index >= 15 is 0 Å². The Kier molecular flexibility index (Phi) is 7.80. The number of carbonyl (C=O) groups is 1. The van der Waals surface area contributed by atoms with Crippen molar-refractivity contribution in [2.75, 3.05) is 44.5 Å². The number of sulfonamides is 1. The van der Waals surface area contributed by atoms with E-state index in [2.05, 4.69) is 16.4 Å². The van der Waals surface area contributed by atoms with Gasteiger partial charge < -0.3 is 14.8 Å². The van der Waals surface area contributed by atoms with Crippen LogP contribution in [0.5, 0.6) is 5.75 Å². The molecule has 0 saturated carbocycles. The lowest BCUT2D eigenvalue weighted by atomic mass is 10.1. The molecule has 186 valence electrons. The quantitative estimate of drug-likeness (QED) is 0.459. The highest BCUT2D eigenvalue weighted by molar-refractivity contribution is 7.99. The van der Waals surface area contributed by atoms with Crippen LogP contribution in [0.4, 0.5) is 5.69 Å². The topological polar surface area (TPSA) is 103 Å². The first-order valence-corrected chi connectivity index (χ1v) is 13.5. The number of methoxy groups -OCH3 is 1. The van der Waals surface area contributed by atoms with Crippen molar-refractivity contribution in [1.82, 2.24) is 13.9 Å². The monoisotopic (exact) mass is 516 g/mol. The van der Waals surface area contributed by atoms with Crippen molar-refractivity contribution in [1.29, 1.82) is 0 Å². The number of nitrogens with one attached hydrogen (secondary N) is 1. The summed E-state index contributed by atoms with van der Waals surface area (Å²) < 4.78 is 40.0. The number of carbonyl (C=O) groups excluding carboxylic acids is 1. The van der Waals surface area contributed by atoms with E-state index in [-0.39, 0.29) is 16.6 Å². The zero-order valence-electron chi connectivity index (χ0n) is 19.9. The maximum absolute atomic E-state index is 13.0. The molecule has 2 aromatic carbocycles. The molecule has 3 aromatic rings. The lowest BCUT2D eigenvalue weighted by Gasteiger charge is -2.26. The van der Waals surface area contributed by atoms with Crippen LogP contribution in [-0.4, -0.2) is 67.3 Å². The number of imidazole rings is 1. The number of aromatic nitrogens is 2. The molecule has 1 N–H and O–H groups in total. The van der Waals surface area contributed by atoms with Crippen molar-refractivity contribution in [3.8, 4) is 11.4 Å². The normalized spacial score (nSPS) is 14.6. The van der Waals surface area contributed by atoms with Gasteiger partial charge in [0.15, 0.2) is 5.16 Å². The van der Waals surface area contributed by atoms with E-state index in [0.29, 0.717) is 42.9 Å². The number of ether oxygens (including phenoxy) is 2. The summed E-state index contributed by atoms with van der Waals surface area (Å²) in [7, 11) is -2.24. The fraction of sp³-hybridized carbons (Fsp3) is 0.333. The Bertz CT molecular complexity index is 1320. The zero-order valence-corrected chi connectivity index (χ0v) is 21.5. The molecular weight excluding hydrogens is 488 g/mol. The van der Waals surface area contributed by atoms with Crippen molar-refractivity contribution < 1.29 is 22.7 Å². The molecule has 0 unspecified atom stereocenters. The lowest BCUT2D eigenvalue weighted by Crippen LogP contribution is -2.40. The Morgan fingerprint density at radius 3 is 2.66 bits per heavy atom. The second-order valence-electron chi connectivity index (χ2n) is 8.09. The number of aryl methyl sites for hydroxylation is 2. The summed E-state index contributed by atoms with van der Waals surface area (Å²) in [6.07, 6.45) is 3.56. The van der Waals surface area contributed by atoms with Crippen LogP contribution in [0.15, 0.2) is 58.8 Å². The number of morpholine rings is 1. The molecule has 1 aromatic heterocycles. The average Bonchev–Trinajstić information content (AvgIpc) is 3.31. The molecule has 2 heterocycles. The number of nitrogens with zero attached hydrogens (tertiary/aromatic N) is 3. The van der Waals surface area contributed by atoms with E-state index in [0.717, 1.165) is 11.3 Å². The largest absolute Gasteiger partial charge is 0.495 e. The molecule has 9 nitrogen and oxygen atoms in total. The Balaban J connectivity index is 1.48. The van der Waals surface area contributed by atoms with Crippen molar-refractivity contribution in [2.45, 2.75) is 23.9 Å². The van der Waals surface area contributed by atoms with Crippen LogP contribution in [-0.2, 0) is 19.6 Å². The van der Waals surface area contributed by atoms with Gasteiger partial charge in [-0.2, -0.15) is 4.31 Å². The van der Waals surface area contributed by atoms with E-state index < -0.39 is 10.0 Å². The van der Waals surface area contributed by atoms with Gasteiger partial charge >= 0.3 is 0 Å². The highest BCUT2D eigenvalue weighted by Crippen LogP contribution is 2.30. The molecule has 4 rings (SSSR count). The van der Waals surface area contributed by atoms with E-state index in [1.54, 1.807) is 12.3 Å². The van der Waals surface area contributed by atoms with E-state index in [1.807, 2.05) is 36.7 Å². The molecule has 1 aliphatic heterocycles. The first-order chi connectivity index (χ1) is 16.8. The molecule has 0 atom stereocenters. The van der Waals surface area contributed by atoms with Gasteiger partial charge in [0.25, 0.3) is 0 Å². The highest BCUT2D eigenvalue weighted by atomic mass is 32.2. The third kappa shape index (κ3) is 5.69. The van der Waals surface area contributed by atoms with Gasteiger partial charge in [-0.3, -0.25) is 9.36 Å². The van der Waals surface area contributed by atoms with Crippen molar-refractivity contribution in [3.05, 3.63) is 59.9 Å². The van der Waals surface area contributed by atoms with Crippen LogP contribution < -0.4 is 10.1 Å². The summed E-state index contributed by atoms with van der Waals surface area (Å²) in [5, 5.41) is 3.47. The molecular formula is C24H28N4O5S2. The summed E-state index contributed by atoms with van der Waals surface area (Å²) >= 11 is 1.29. The van der Waals surface area contributed by atoms with E-state index in [9.17, 15) is 13.2 Å². The third-order valence-electron chi connectivity index (χ3n) is 5.60. The fourth-order valence-electron chi connectivity index (χ4n) is 3.85. The van der Waals surface area contributed by atoms with Crippen LogP contribution in [0.25, 0.3) is 5.69 Å². The SMILES string of the molecule is COc1ccc(S(=O)(=O)N2CCOCC2)cc1NC(=O)CSc1nccn1-c1ccc(C)cc1C. The first-order valence-electron chi connectivity index (χ1n) is 11.1. The van der Waals surface area contributed by atoms with Gasteiger partial charge in [0, 0.05) is 25.5 Å². The maximum atomic E-state index is 13.0. The van der Waals surface area contributed by atoms with Gasteiger partial charge in [-0.05, 0) is 43.7 Å². The third-order valence-corrected chi connectivity index (χ3v) is 8.47. The molecule has 35 heavy (non-hydrogen) atoms. The minimum Gasteiger partial charge on any atom is -0.495 e. The lowest BCUT2D eigenvalue weighted by molar-refractivity contribution is -0.113. The Hall–Kier alpha value is -2.86. The molecule has 1 amide bonds. The molecule has 1 aliphatic rings. The molecule has 0 radical (unpaired) electrons. The summed E-state index contributed by atoms with van der Waals surface area (Å²) in [5.74, 6) is 0.163. The molecule has 0 aliphatic carbocycles. The maximum Gasteiger partial charge on any atom is 0.243 e. The number of thioether (sulfide) groups is 1. The van der Waals surface area contributed by atoms with Crippen LogP contribution in [0.2, 0.25) is 0 Å². The van der Waals surface area contributed by atoms with Crippen molar-refractivity contribution >= 4 is 33.4 Å². The van der Waals surface area contributed by atoms with Crippen LogP contribution in [0.3, 0.4) is 0 Å². The smallest absolute Gasteiger partial charge is 0.243 e. The predicted octanol–water partition coefficient (Wildman–Crippen LogP) is 3.25. The van der Waals surface area contributed by atoms with Gasteiger partial charge in [0.2, 0.25) is 15.9 Å². The van der Waals surface area contributed by atoms with Gasteiger partial charge in [-0.25, -0.2) is 13.4 Å². The highest BCUT2D eigenvalue weighted by Gasteiger charge is 2.27. The van der Waals surface area contributed by atoms with Crippen LogP contribution in [0.1, 0.15) is 11.1 Å². The minimum absolute atomic E-state index is 0.0888. The summed E-state index contributed by atoms with van der Waals surface area (Å²) in [6.45, 7) is 5.37. The molecule has 0 bridgehead atoms. The summed E-state index contributed by atoms with van der Waals surface area (Å²) in [5.41, 5.74) is 3.58. The molecule has 11 heteroatoms. The Morgan fingerprint density at radius 1 is 1.17 bits per heavy atom. The second kappa shape index (κ2) is 10.8. The summed E-state index contributed by atoms with van der Waals surface area (Å²) in [4.78, 5) is 17.3. The number of benzene rings is 2. The van der Waals surface area contributed by atoms with Gasteiger partial charge in [0.1, 0.15) is 5.75 Å². The van der Waals surface area contributed by atoms with Gasteiger partial charge in [-0.15, -0.1) is 0 Å². The molecule has 0 spiro atoms. The van der Waals surface area contributed by atoms with E-state index in [1.165, 1.54) is 40.9 Å². The minimum atomic E-state index is -3.71. The molecule has 1 fully saturated rings. The van der Waals surface area contributed by atoms with Crippen molar-refractivity contribution in [3.63, 3.8) is 0 Å². The fourth-order valence-corrected chi connectivity index (χ4v) is 6.05. The number of amides is 1. The standard InChI is InChI=1S/C24H28N4O5S2/c1-17-4-6-21(18(2)14-17)28-9-8-25-24(28)34-16-23(29)26-20-15-19(5-7-22(20)32-3)35(30,31)27-10-12-33-13-11-27/h4-9,14-15H,10-13,16H2,1-3H3,(H,26,29). The van der Waals surface area contributed by atoms with E-state index in [4.69, 9.17) is 9.47 Å².